The summed E-state index contributed by atoms with van der Waals surface area (Å²) in [5, 5.41) is -0.139. The summed E-state index contributed by atoms with van der Waals surface area (Å²) in [5.41, 5.74) is 11.2. The number of sulfone groups is 1. The van der Waals surface area contributed by atoms with Gasteiger partial charge in [-0.1, -0.05) is 11.8 Å². The van der Waals surface area contributed by atoms with Crippen LogP contribution >= 0.6 is 11.8 Å². The summed E-state index contributed by atoms with van der Waals surface area (Å²) in [5.74, 6) is 0.464. The smallest absolute Gasteiger partial charge is 0.235 e. The molecule has 1 aliphatic rings. The normalized spacial score (nSPS) is 21.5. The molecule has 1 aliphatic heterocycles. The Hall–Kier alpha value is -1.55. The molecule has 2 unspecified atom stereocenters. The fourth-order valence-corrected chi connectivity index (χ4v) is 4.94. The average Bonchev–Trinajstić information content (AvgIpc) is 2.76. The number of rotatable bonds is 4. The van der Waals surface area contributed by atoms with E-state index in [4.69, 9.17) is 11.5 Å². The van der Waals surface area contributed by atoms with Gasteiger partial charge in [0.15, 0.2) is 15.0 Å². The van der Waals surface area contributed by atoms with Crippen molar-refractivity contribution in [2.24, 2.45) is 0 Å². The third-order valence-electron chi connectivity index (χ3n) is 3.48. The molecular formula is C12H19N5O3S2. The summed E-state index contributed by atoms with van der Waals surface area (Å²) in [6, 6.07) is 1.17. The van der Waals surface area contributed by atoms with Crippen LogP contribution in [-0.2, 0) is 14.6 Å². The number of carbonyl (C=O) groups is 1. The van der Waals surface area contributed by atoms with E-state index in [1.54, 1.807) is 14.0 Å². The first-order valence-corrected chi connectivity index (χ1v) is 9.42. The lowest BCUT2D eigenvalue weighted by molar-refractivity contribution is -0.130. The maximum absolute atomic E-state index is 12.4. The Balaban J connectivity index is 2.02. The van der Waals surface area contributed by atoms with Crippen molar-refractivity contribution in [2.75, 3.05) is 30.0 Å². The number of nitrogen functional groups attached to an aromatic ring is 2. The van der Waals surface area contributed by atoms with Crippen LogP contribution in [0.15, 0.2) is 11.2 Å². The number of aromatic nitrogens is 2. The van der Waals surface area contributed by atoms with Gasteiger partial charge < -0.3 is 16.4 Å². The van der Waals surface area contributed by atoms with Crippen molar-refractivity contribution in [1.29, 1.82) is 0 Å². The van der Waals surface area contributed by atoms with Gasteiger partial charge in [0.05, 0.1) is 16.8 Å². The highest BCUT2D eigenvalue weighted by molar-refractivity contribution is 8.00. The van der Waals surface area contributed by atoms with Gasteiger partial charge in [-0.3, -0.25) is 4.79 Å². The van der Waals surface area contributed by atoms with Crippen LogP contribution in [0.4, 0.5) is 11.6 Å². The molecule has 22 heavy (non-hydrogen) atoms. The minimum absolute atomic E-state index is 0.0222. The molecule has 0 aliphatic carbocycles. The number of hydrogen-bond acceptors (Lipinski definition) is 8. The van der Waals surface area contributed by atoms with Crippen LogP contribution in [-0.4, -0.2) is 59.0 Å². The molecule has 8 nitrogen and oxygen atoms in total. The number of amides is 1. The predicted octanol–water partition coefficient (Wildman–Crippen LogP) is -0.233. The van der Waals surface area contributed by atoms with E-state index < -0.39 is 15.1 Å². The molecule has 0 aromatic carbocycles. The molecule has 122 valence electrons. The highest BCUT2D eigenvalue weighted by Crippen LogP contribution is 2.25. The van der Waals surface area contributed by atoms with Gasteiger partial charge >= 0.3 is 0 Å². The lowest BCUT2D eigenvalue weighted by atomic mass is 10.2. The molecule has 1 aromatic rings. The van der Waals surface area contributed by atoms with Gasteiger partial charge in [-0.25, -0.2) is 18.4 Å². The van der Waals surface area contributed by atoms with Gasteiger partial charge in [0.1, 0.15) is 11.6 Å². The van der Waals surface area contributed by atoms with Crippen LogP contribution in [0.1, 0.15) is 13.3 Å². The second-order valence-corrected chi connectivity index (χ2v) is 8.80. The SMILES string of the molecule is CC(Sc1nc(N)cc(N)n1)C(=O)N(C)C1CCS(=O)(=O)C1. The van der Waals surface area contributed by atoms with Crippen LogP contribution in [0.3, 0.4) is 0 Å². The first-order chi connectivity index (χ1) is 10.2. The molecule has 2 heterocycles. The Morgan fingerprint density at radius 3 is 2.50 bits per heavy atom. The van der Waals surface area contributed by atoms with E-state index >= 15 is 0 Å². The van der Waals surface area contributed by atoms with Crippen molar-refractivity contribution in [3.63, 3.8) is 0 Å². The summed E-state index contributed by atoms with van der Waals surface area (Å²) in [6.45, 7) is 1.72. The standard InChI is InChI=1S/C12H19N5O3S2/c1-7(21-12-15-9(13)5-10(14)16-12)11(18)17(2)8-3-4-22(19,20)6-8/h5,7-8H,3-4,6H2,1-2H3,(H4,13,14,15,16). The largest absolute Gasteiger partial charge is 0.383 e. The molecular weight excluding hydrogens is 326 g/mol. The number of nitrogens with two attached hydrogens (primary N) is 2. The number of anilines is 2. The minimum Gasteiger partial charge on any atom is -0.383 e. The molecule has 0 radical (unpaired) electrons. The lowest BCUT2D eigenvalue weighted by Crippen LogP contribution is -2.41. The number of nitrogens with zero attached hydrogens (tertiary/aromatic N) is 3. The minimum atomic E-state index is -3.03. The molecule has 1 fully saturated rings. The third kappa shape index (κ3) is 4.01. The van der Waals surface area contributed by atoms with Gasteiger partial charge in [-0.15, -0.1) is 0 Å². The summed E-state index contributed by atoms with van der Waals surface area (Å²) in [7, 11) is -1.40. The van der Waals surface area contributed by atoms with Gasteiger partial charge in [0.25, 0.3) is 0 Å². The fraction of sp³-hybridized carbons (Fsp3) is 0.583. The molecule has 1 amide bonds. The van der Waals surface area contributed by atoms with Gasteiger partial charge in [0.2, 0.25) is 5.91 Å². The first kappa shape index (κ1) is 16.8. The number of thioether (sulfide) groups is 1. The highest BCUT2D eigenvalue weighted by Gasteiger charge is 2.34. The maximum Gasteiger partial charge on any atom is 0.235 e. The zero-order valence-corrected chi connectivity index (χ0v) is 14.0. The van der Waals surface area contributed by atoms with Gasteiger partial charge in [0, 0.05) is 19.2 Å². The van der Waals surface area contributed by atoms with Crippen LogP contribution < -0.4 is 11.5 Å². The van der Waals surface area contributed by atoms with Crippen LogP contribution in [0.5, 0.6) is 0 Å². The first-order valence-electron chi connectivity index (χ1n) is 6.72. The zero-order valence-electron chi connectivity index (χ0n) is 12.4. The summed E-state index contributed by atoms with van der Waals surface area (Å²) in [6.07, 6.45) is 0.476. The summed E-state index contributed by atoms with van der Waals surface area (Å²) >= 11 is 1.14. The van der Waals surface area contributed by atoms with Crippen molar-refractivity contribution >= 4 is 39.1 Å². The monoisotopic (exact) mass is 345 g/mol. The van der Waals surface area contributed by atoms with E-state index in [-0.39, 0.29) is 35.1 Å². The van der Waals surface area contributed by atoms with Crippen LogP contribution in [0, 0.1) is 0 Å². The molecule has 1 aromatic heterocycles. The van der Waals surface area contributed by atoms with E-state index in [9.17, 15) is 13.2 Å². The van der Waals surface area contributed by atoms with Crippen LogP contribution in [0.2, 0.25) is 0 Å². The highest BCUT2D eigenvalue weighted by atomic mass is 32.2. The molecule has 1 saturated heterocycles. The van der Waals surface area contributed by atoms with Crippen molar-refractivity contribution in [1.82, 2.24) is 14.9 Å². The molecule has 4 N–H and O–H groups in total. The number of hydrogen-bond donors (Lipinski definition) is 2. The van der Waals surface area contributed by atoms with Gasteiger partial charge in [-0.05, 0) is 13.3 Å². The third-order valence-corrected chi connectivity index (χ3v) is 6.18. The molecule has 10 heteroatoms. The second-order valence-electron chi connectivity index (χ2n) is 5.27. The summed E-state index contributed by atoms with van der Waals surface area (Å²) in [4.78, 5) is 21.9. The molecule has 2 rings (SSSR count). The Morgan fingerprint density at radius 1 is 1.41 bits per heavy atom. The molecule has 2 atom stereocenters. The van der Waals surface area contributed by atoms with E-state index in [1.165, 1.54) is 11.0 Å². The Bertz CT molecular complexity index is 659. The Kier molecular flexibility index (Phi) is 4.81. The maximum atomic E-state index is 12.4. The molecule has 0 saturated carbocycles. The predicted molar refractivity (Wildman–Crippen MR) is 86.0 cm³/mol. The average molecular weight is 345 g/mol. The van der Waals surface area contributed by atoms with Gasteiger partial charge in [-0.2, -0.15) is 0 Å². The van der Waals surface area contributed by atoms with Crippen LogP contribution in [0.25, 0.3) is 0 Å². The van der Waals surface area contributed by atoms with Crippen molar-refractivity contribution in [3.8, 4) is 0 Å². The van der Waals surface area contributed by atoms with E-state index in [0.717, 1.165) is 11.8 Å². The van der Waals surface area contributed by atoms with E-state index in [2.05, 4.69) is 9.97 Å². The fourth-order valence-electron chi connectivity index (χ4n) is 2.27. The quantitative estimate of drug-likeness (QED) is 0.565. The van der Waals surface area contributed by atoms with E-state index in [1.807, 2.05) is 0 Å². The molecule has 0 spiro atoms. The Labute approximate surface area is 133 Å². The number of carbonyl (C=O) groups excluding carboxylic acids is 1. The second kappa shape index (κ2) is 6.29. The zero-order chi connectivity index (χ0) is 16.5. The summed E-state index contributed by atoms with van der Waals surface area (Å²) < 4.78 is 23.0. The van der Waals surface area contributed by atoms with Crippen molar-refractivity contribution in [3.05, 3.63) is 6.07 Å². The van der Waals surface area contributed by atoms with E-state index in [0.29, 0.717) is 11.6 Å². The lowest BCUT2D eigenvalue weighted by Gasteiger charge is -2.26. The van der Waals surface area contributed by atoms with Crippen molar-refractivity contribution in [2.45, 2.75) is 29.8 Å². The van der Waals surface area contributed by atoms with Crippen molar-refractivity contribution < 1.29 is 13.2 Å². The Morgan fingerprint density at radius 2 is 2.00 bits per heavy atom. The molecule has 0 bridgehead atoms. The topological polar surface area (TPSA) is 132 Å².